The zero-order chi connectivity index (χ0) is 33.6. The summed E-state index contributed by atoms with van der Waals surface area (Å²) in [5.74, 6) is -0.657. The van der Waals surface area contributed by atoms with E-state index in [1.807, 2.05) is 28.9 Å². The minimum absolute atomic E-state index is 0.0119. The number of hydrogen-bond donors (Lipinski definition) is 3. The molecule has 1 aliphatic carbocycles. The Morgan fingerprint density at radius 2 is 1.65 bits per heavy atom. The van der Waals surface area contributed by atoms with Crippen LogP contribution in [0.3, 0.4) is 0 Å². The van der Waals surface area contributed by atoms with Crippen LogP contribution in [0.25, 0.3) is 11.1 Å². The van der Waals surface area contributed by atoms with Crippen LogP contribution >= 0.6 is 0 Å². The van der Waals surface area contributed by atoms with Crippen molar-refractivity contribution in [2.75, 3.05) is 32.7 Å². The van der Waals surface area contributed by atoms with Gasteiger partial charge in [-0.1, -0.05) is 36.4 Å². The van der Waals surface area contributed by atoms with Gasteiger partial charge in [-0.2, -0.15) is 5.10 Å². The molecule has 0 unspecified atom stereocenters. The van der Waals surface area contributed by atoms with Gasteiger partial charge in [-0.05, 0) is 98.9 Å². The van der Waals surface area contributed by atoms with Gasteiger partial charge in [-0.15, -0.1) is 0 Å². The molecule has 2 fully saturated rings. The SMILES string of the molecule is O=C(NC1CCC(NC(=O)c2cc(F)cnc2Oc2cccc(-c3ccc(CCCN4CCNCC4)cc3)c2)CC1)c1cc2n(n1)CCC2. The van der Waals surface area contributed by atoms with Crippen molar-refractivity contribution >= 4 is 11.8 Å². The predicted molar refractivity (Wildman–Crippen MR) is 185 cm³/mol. The zero-order valence-electron chi connectivity index (χ0n) is 27.8. The summed E-state index contributed by atoms with van der Waals surface area (Å²) in [6.45, 7) is 6.37. The Labute approximate surface area is 286 Å². The van der Waals surface area contributed by atoms with Crippen molar-refractivity contribution in [2.45, 2.75) is 70.0 Å². The van der Waals surface area contributed by atoms with Crippen LogP contribution in [-0.4, -0.2) is 76.3 Å². The van der Waals surface area contributed by atoms with Gasteiger partial charge >= 0.3 is 0 Å². The minimum atomic E-state index is -0.615. The van der Waals surface area contributed by atoms with Crippen LogP contribution in [0.2, 0.25) is 0 Å². The fourth-order valence-electron chi connectivity index (χ4n) is 7.10. The number of fused-ring (bicyclic) bond motifs is 1. The van der Waals surface area contributed by atoms with Crippen molar-refractivity contribution in [3.8, 4) is 22.8 Å². The van der Waals surface area contributed by atoms with Crippen molar-refractivity contribution in [3.63, 3.8) is 0 Å². The third kappa shape index (κ3) is 8.34. The van der Waals surface area contributed by atoms with E-state index in [0.717, 1.165) is 107 Å². The molecule has 10 nitrogen and oxygen atoms in total. The summed E-state index contributed by atoms with van der Waals surface area (Å²) in [6, 6.07) is 19.2. The second-order valence-electron chi connectivity index (χ2n) is 13.4. The van der Waals surface area contributed by atoms with Crippen LogP contribution in [0.15, 0.2) is 66.9 Å². The molecule has 256 valence electrons. The van der Waals surface area contributed by atoms with Crippen LogP contribution in [-0.2, 0) is 19.4 Å². The van der Waals surface area contributed by atoms with Crippen molar-refractivity contribution < 1.29 is 18.7 Å². The van der Waals surface area contributed by atoms with E-state index < -0.39 is 11.7 Å². The van der Waals surface area contributed by atoms with Crippen LogP contribution in [0.1, 0.15) is 70.6 Å². The monoisotopic (exact) mass is 665 g/mol. The molecule has 2 aliphatic heterocycles. The number of nitrogens with zero attached hydrogens (tertiary/aromatic N) is 4. The summed E-state index contributed by atoms with van der Waals surface area (Å²) < 4.78 is 22.3. The number of hydrogen-bond acceptors (Lipinski definition) is 7. The van der Waals surface area contributed by atoms with E-state index in [9.17, 15) is 14.0 Å². The van der Waals surface area contributed by atoms with Gasteiger partial charge in [-0.25, -0.2) is 9.37 Å². The molecule has 0 atom stereocenters. The molecule has 1 saturated heterocycles. The number of carbonyl (C=O) groups excluding carboxylic acids is 2. The molecule has 2 aromatic carbocycles. The Bertz CT molecular complexity index is 1740. The lowest BCUT2D eigenvalue weighted by molar-refractivity contribution is 0.0887. The molecule has 11 heteroatoms. The first kappa shape index (κ1) is 32.9. The van der Waals surface area contributed by atoms with Crippen molar-refractivity contribution in [1.82, 2.24) is 35.6 Å². The second-order valence-corrected chi connectivity index (χ2v) is 13.4. The summed E-state index contributed by atoms with van der Waals surface area (Å²) in [4.78, 5) is 32.8. The Balaban J connectivity index is 0.926. The average Bonchev–Trinajstić information content (AvgIpc) is 3.74. The maximum atomic E-state index is 14.3. The van der Waals surface area contributed by atoms with Crippen molar-refractivity contribution in [3.05, 3.63) is 95.2 Å². The molecule has 1 saturated carbocycles. The number of ether oxygens (including phenoxy) is 1. The van der Waals surface area contributed by atoms with E-state index in [4.69, 9.17) is 4.74 Å². The summed E-state index contributed by atoms with van der Waals surface area (Å²) in [6.07, 6.45) is 8.07. The molecule has 4 aromatic rings. The molecule has 0 radical (unpaired) electrons. The highest BCUT2D eigenvalue weighted by Crippen LogP contribution is 2.29. The summed E-state index contributed by atoms with van der Waals surface area (Å²) >= 11 is 0. The topological polar surface area (TPSA) is 113 Å². The Morgan fingerprint density at radius 3 is 2.41 bits per heavy atom. The summed E-state index contributed by atoms with van der Waals surface area (Å²) in [5, 5.41) is 14.0. The minimum Gasteiger partial charge on any atom is -0.438 e. The highest BCUT2D eigenvalue weighted by Gasteiger charge is 2.27. The highest BCUT2D eigenvalue weighted by atomic mass is 19.1. The van der Waals surface area contributed by atoms with E-state index in [1.165, 1.54) is 5.56 Å². The van der Waals surface area contributed by atoms with Gasteiger partial charge in [-0.3, -0.25) is 14.3 Å². The number of amides is 2. The van der Waals surface area contributed by atoms with Gasteiger partial charge in [0.2, 0.25) is 5.88 Å². The van der Waals surface area contributed by atoms with E-state index >= 15 is 0 Å². The number of pyridine rings is 1. The standard InChI is InChI=1S/C38H44FN7O3/c39-29-23-34(36(47)42-30-12-14-31(15-13-30)43-37(48)35-24-32-6-3-19-46(32)44-35)38(41-25-29)49-33-7-1-5-28(22-33)27-10-8-26(9-11-27)4-2-18-45-20-16-40-17-21-45/h1,5,7-11,22-25,30-31,40H,2-4,6,12-21H2,(H,42,47)(H,43,48). The average molecular weight is 666 g/mol. The second kappa shape index (κ2) is 15.3. The van der Waals surface area contributed by atoms with Gasteiger partial charge in [0.25, 0.3) is 11.8 Å². The van der Waals surface area contributed by atoms with Gasteiger partial charge in [0.15, 0.2) is 0 Å². The molecule has 4 heterocycles. The molecule has 2 amide bonds. The largest absolute Gasteiger partial charge is 0.438 e. The van der Waals surface area contributed by atoms with Gasteiger partial charge < -0.3 is 25.6 Å². The Hall–Kier alpha value is -4.61. The smallest absolute Gasteiger partial charge is 0.272 e. The Kier molecular flexibility index (Phi) is 10.3. The molecular weight excluding hydrogens is 621 g/mol. The molecule has 7 rings (SSSR count). The number of rotatable bonds is 11. The maximum Gasteiger partial charge on any atom is 0.272 e. The highest BCUT2D eigenvalue weighted by molar-refractivity contribution is 5.96. The number of aromatic nitrogens is 3. The number of halogens is 1. The molecule has 0 bridgehead atoms. The first-order valence-corrected chi connectivity index (χ1v) is 17.6. The normalized spacial score (nSPS) is 19.3. The van der Waals surface area contributed by atoms with E-state index in [1.54, 1.807) is 6.07 Å². The van der Waals surface area contributed by atoms with Crippen LogP contribution in [0, 0.1) is 5.82 Å². The number of benzene rings is 2. The quantitative estimate of drug-likeness (QED) is 0.204. The number of aryl methyl sites for hydroxylation is 3. The van der Waals surface area contributed by atoms with Gasteiger partial charge in [0.05, 0.1) is 6.20 Å². The lowest BCUT2D eigenvalue weighted by atomic mass is 9.91. The molecular formula is C38H44FN7O3. The number of nitrogens with one attached hydrogen (secondary N) is 3. The van der Waals surface area contributed by atoms with Crippen molar-refractivity contribution in [2.24, 2.45) is 0 Å². The van der Waals surface area contributed by atoms with Crippen LogP contribution in [0.5, 0.6) is 11.6 Å². The van der Waals surface area contributed by atoms with E-state index in [-0.39, 0.29) is 29.4 Å². The van der Waals surface area contributed by atoms with E-state index in [0.29, 0.717) is 24.3 Å². The molecule has 3 aliphatic rings. The van der Waals surface area contributed by atoms with Crippen molar-refractivity contribution in [1.29, 1.82) is 0 Å². The lowest BCUT2D eigenvalue weighted by Crippen LogP contribution is -2.44. The predicted octanol–water partition coefficient (Wildman–Crippen LogP) is 5.13. The first-order chi connectivity index (χ1) is 24.0. The fraction of sp³-hybridized carbons (Fsp3) is 0.421. The molecule has 3 N–H and O–H groups in total. The number of carbonyl (C=O) groups is 2. The van der Waals surface area contributed by atoms with Crippen LogP contribution in [0.4, 0.5) is 4.39 Å². The third-order valence-corrected chi connectivity index (χ3v) is 9.84. The van der Waals surface area contributed by atoms with Gasteiger partial charge in [0, 0.05) is 50.5 Å². The zero-order valence-corrected chi connectivity index (χ0v) is 27.8. The fourth-order valence-corrected chi connectivity index (χ4v) is 7.10. The third-order valence-electron chi connectivity index (χ3n) is 9.84. The Morgan fingerprint density at radius 1 is 0.898 bits per heavy atom. The van der Waals surface area contributed by atoms with E-state index in [2.05, 4.69) is 55.2 Å². The maximum absolute atomic E-state index is 14.3. The number of piperazine rings is 1. The summed E-state index contributed by atoms with van der Waals surface area (Å²) in [5.41, 5.74) is 4.95. The van der Waals surface area contributed by atoms with Crippen LogP contribution < -0.4 is 20.7 Å². The van der Waals surface area contributed by atoms with Gasteiger partial charge in [0.1, 0.15) is 22.8 Å². The lowest BCUT2D eigenvalue weighted by Gasteiger charge is -2.29. The molecule has 0 spiro atoms. The molecule has 49 heavy (non-hydrogen) atoms. The molecule has 2 aromatic heterocycles. The first-order valence-electron chi connectivity index (χ1n) is 17.6. The summed E-state index contributed by atoms with van der Waals surface area (Å²) in [7, 11) is 0.